The number of methoxy groups -OCH3 is 2. The highest BCUT2D eigenvalue weighted by molar-refractivity contribution is 5.75. The summed E-state index contributed by atoms with van der Waals surface area (Å²) in [4.78, 5) is 12.8. The van der Waals surface area contributed by atoms with Gasteiger partial charge in [0.15, 0.2) is 18.3 Å². The molecule has 2 aromatic rings. The molecule has 2 aromatic carbocycles. The number of carbonyl (C=O) groups excluding carboxylic acids is 1. The number of hydrogen-bond acceptors (Lipinski definition) is 7. The molecule has 0 amide bonds. The number of rotatable bonds is 15. The van der Waals surface area contributed by atoms with Gasteiger partial charge < -0.3 is 28.8 Å². The molecule has 7 heteroatoms. The van der Waals surface area contributed by atoms with Crippen molar-refractivity contribution in [3.63, 3.8) is 0 Å². The second-order valence-corrected chi connectivity index (χ2v) is 10.3. The molecule has 5 atom stereocenters. The van der Waals surface area contributed by atoms with Crippen LogP contribution in [0.3, 0.4) is 0 Å². The largest absolute Gasteiger partial charge is 0.449 e. The summed E-state index contributed by atoms with van der Waals surface area (Å²) >= 11 is 0. The van der Waals surface area contributed by atoms with E-state index in [0.717, 1.165) is 11.1 Å². The zero-order valence-corrected chi connectivity index (χ0v) is 24.2. The van der Waals surface area contributed by atoms with Gasteiger partial charge in [-0.25, -0.2) is 0 Å². The number of esters is 1. The van der Waals surface area contributed by atoms with E-state index < -0.39 is 41.9 Å². The van der Waals surface area contributed by atoms with Crippen LogP contribution in [0.25, 0.3) is 0 Å². The lowest BCUT2D eigenvalue weighted by Crippen LogP contribution is -2.37. The predicted octanol–water partition coefficient (Wildman–Crippen LogP) is 4.55. The van der Waals surface area contributed by atoms with E-state index in [1.54, 1.807) is 35.0 Å². The molecule has 0 radical (unpaired) electrons. The van der Waals surface area contributed by atoms with Gasteiger partial charge in [-0.15, -0.1) is 6.42 Å². The smallest absolute Gasteiger partial charge is 0.312 e. The lowest BCUT2D eigenvalue weighted by Gasteiger charge is -2.28. The summed E-state index contributed by atoms with van der Waals surface area (Å²) in [6.45, 7) is 5.79. The Hall–Kier alpha value is -3.17. The molecule has 0 aromatic heterocycles. The molecule has 2 rings (SSSR count). The van der Waals surface area contributed by atoms with E-state index in [0.29, 0.717) is 6.42 Å². The molecule has 0 spiro atoms. The summed E-state index contributed by atoms with van der Waals surface area (Å²) in [5.74, 6) is 8.41. The van der Waals surface area contributed by atoms with Crippen LogP contribution < -0.4 is 0 Å². The molecule has 0 fully saturated rings. The van der Waals surface area contributed by atoms with Crippen LogP contribution in [0, 0.1) is 29.6 Å². The fourth-order valence-electron chi connectivity index (χ4n) is 3.76. The zero-order valence-electron chi connectivity index (χ0n) is 24.2. The highest BCUT2D eigenvalue weighted by Gasteiger charge is 2.30. The Bertz CT molecular complexity index is 1090. The fourth-order valence-corrected chi connectivity index (χ4v) is 3.76. The lowest BCUT2D eigenvalue weighted by atomic mass is 9.97. The minimum atomic E-state index is -0.844. The fraction of sp³-hybridized carbons (Fsp3) is 0.485. The maximum absolute atomic E-state index is 12.8. The van der Waals surface area contributed by atoms with Gasteiger partial charge in [-0.05, 0) is 38.3 Å². The molecule has 7 nitrogen and oxygen atoms in total. The molecule has 0 aliphatic carbocycles. The highest BCUT2D eigenvalue weighted by Crippen LogP contribution is 2.21. The van der Waals surface area contributed by atoms with Crippen molar-refractivity contribution < 1.29 is 33.6 Å². The average Bonchev–Trinajstić information content (AvgIpc) is 2.96. The molecular formula is C33H42O7. The van der Waals surface area contributed by atoms with Gasteiger partial charge in [-0.3, -0.25) is 4.79 Å². The highest BCUT2D eigenvalue weighted by atomic mass is 16.6. The van der Waals surface area contributed by atoms with E-state index in [-0.39, 0.29) is 26.2 Å². The van der Waals surface area contributed by atoms with E-state index in [9.17, 15) is 9.90 Å². The predicted molar refractivity (Wildman–Crippen MR) is 154 cm³/mol. The Labute approximate surface area is 239 Å². The topological polar surface area (TPSA) is 83.5 Å². The number of aliphatic hydroxyl groups is 1. The molecule has 216 valence electrons. The van der Waals surface area contributed by atoms with E-state index in [4.69, 9.17) is 30.1 Å². The first-order valence-corrected chi connectivity index (χ1v) is 13.4. The number of carbonyl (C=O) groups is 1. The minimum absolute atomic E-state index is 0.0749. The number of terminal acetylenes is 1. The maximum Gasteiger partial charge on any atom is 0.312 e. The number of ether oxygens (including phenoxy) is 5. The molecule has 0 saturated heterocycles. The Morgan fingerprint density at radius 1 is 0.850 bits per heavy atom. The van der Waals surface area contributed by atoms with Gasteiger partial charge in [0.25, 0.3) is 0 Å². The first-order valence-electron chi connectivity index (χ1n) is 13.4. The molecule has 40 heavy (non-hydrogen) atoms. The van der Waals surface area contributed by atoms with Crippen LogP contribution in [0.1, 0.15) is 44.7 Å². The molecule has 1 unspecified atom stereocenters. The van der Waals surface area contributed by atoms with Crippen molar-refractivity contribution >= 4 is 5.97 Å². The van der Waals surface area contributed by atoms with Crippen molar-refractivity contribution in [1.29, 1.82) is 0 Å². The molecule has 0 heterocycles. The molecule has 0 bridgehead atoms. The summed E-state index contributed by atoms with van der Waals surface area (Å²) < 4.78 is 29.2. The van der Waals surface area contributed by atoms with E-state index in [1.807, 2.05) is 60.7 Å². The third-order valence-corrected chi connectivity index (χ3v) is 6.11. The Balaban J connectivity index is 2.34. The van der Waals surface area contributed by atoms with Crippen LogP contribution in [0.2, 0.25) is 0 Å². The van der Waals surface area contributed by atoms with Crippen molar-refractivity contribution in [1.82, 2.24) is 0 Å². The SMILES string of the molecule is C#C[C@H](OCc1ccccc1)[C@H](C#CC(C[C@H](OC)[C@H](CCO)OC)OC(=O)C(C)(C)C)OCc1ccccc1. The normalized spacial score (nSPS) is 15.0. The van der Waals surface area contributed by atoms with E-state index in [2.05, 4.69) is 17.8 Å². The van der Waals surface area contributed by atoms with Gasteiger partial charge in [0, 0.05) is 27.2 Å². The zero-order chi connectivity index (χ0) is 29.4. The summed E-state index contributed by atoms with van der Waals surface area (Å²) in [6, 6.07) is 19.4. The van der Waals surface area contributed by atoms with Crippen molar-refractivity contribution in [3.8, 4) is 24.2 Å². The number of aliphatic hydroxyl groups excluding tert-OH is 1. The van der Waals surface area contributed by atoms with Crippen LogP contribution in [-0.4, -0.2) is 62.4 Å². The molecule has 0 saturated carbocycles. The first kappa shape index (κ1) is 33.0. The van der Waals surface area contributed by atoms with E-state index >= 15 is 0 Å². The van der Waals surface area contributed by atoms with Gasteiger partial charge in [-0.1, -0.05) is 78.4 Å². The standard InChI is InChI=1S/C33H42O7/c1-7-28(38-23-25-14-10-8-11-15-25)30(39-24-26-16-12-9-13-17-26)19-18-27(40-32(35)33(2,3)4)22-31(37-6)29(36-5)20-21-34/h1,8-17,27-31,34H,20-24H2,2-6H3/t27?,28-,29-,30-,31-/m0/s1. The van der Waals surface area contributed by atoms with Crippen LogP contribution >= 0.6 is 0 Å². The average molecular weight is 551 g/mol. The molecule has 1 N–H and O–H groups in total. The molecular weight excluding hydrogens is 508 g/mol. The Morgan fingerprint density at radius 2 is 1.38 bits per heavy atom. The second-order valence-electron chi connectivity index (χ2n) is 10.3. The number of hydrogen-bond donors (Lipinski definition) is 1. The molecule has 0 aliphatic heterocycles. The molecule has 0 aliphatic rings. The third kappa shape index (κ3) is 11.5. The van der Waals surface area contributed by atoms with E-state index in [1.165, 1.54) is 0 Å². The van der Waals surface area contributed by atoms with Crippen molar-refractivity contribution in [3.05, 3.63) is 71.8 Å². The van der Waals surface area contributed by atoms with Gasteiger partial charge in [-0.2, -0.15) is 0 Å². The van der Waals surface area contributed by atoms with Gasteiger partial charge in [0.05, 0.1) is 30.8 Å². The van der Waals surface area contributed by atoms with Crippen LogP contribution in [0.4, 0.5) is 0 Å². The summed E-state index contributed by atoms with van der Waals surface area (Å²) in [5.41, 5.74) is 1.18. The second kappa shape index (κ2) is 17.5. The lowest BCUT2D eigenvalue weighted by molar-refractivity contribution is -0.158. The monoisotopic (exact) mass is 550 g/mol. The van der Waals surface area contributed by atoms with Crippen LogP contribution in [0.15, 0.2) is 60.7 Å². The Kier molecular flexibility index (Phi) is 14.5. The summed E-state index contributed by atoms with van der Waals surface area (Å²) in [7, 11) is 3.09. The van der Waals surface area contributed by atoms with Crippen molar-refractivity contribution in [2.24, 2.45) is 5.41 Å². The number of benzene rings is 2. The minimum Gasteiger partial charge on any atom is -0.449 e. The quantitative estimate of drug-likeness (QED) is 0.257. The van der Waals surface area contributed by atoms with Gasteiger partial charge in [0.1, 0.15) is 0 Å². The van der Waals surface area contributed by atoms with Crippen LogP contribution in [0.5, 0.6) is 0 Å². The van der Waals surface area contributed by atoms with Crippen molar-refractivity contribution in [2.45, 2.75) is 77.3 Å². The third-order valence-electron chi connectivity index (χ3n) is 6.11. The first-order chi connectivity index (χ1) is 19.2. The Morgan fingerprint density at radius 3 is 1.82 bits per heavy atom. The van der Waals surface area contributed by atoms with Crippen LogP contribution in [-0.2, 0) is 41.7 Å². The van der Waals surface area contributed by atoms with Crippen molar-refractivity contribution in [2.75, 3.05) is 20.8 Å². The maximum atomic E-state index is 12.8. The summed E-state index contributed by atoms with van der Waals surface area (Å²) in [6.07, 6.45) is 3.13. The summed E-state index contributed by atoms with van der Waals surface area (Å²) in [5, 5.41) is 9.45. The van der Waals surface area contributed by atoms with Gasteiger partial charge >= 0.3 is 5.97 Å². The van der Waals surface area contributed by atoms with Gasteiger partial charge in [0.2, 0.25) is 0 Å².